The van der Waals surface area contributed by atoms with Gasteiger partial charge >= 0.3 is 5.97 Å². The summed E-state index contributed by atoms with van der Waals surface area (Å²) in [4.78, 5) is 12.8. The Morgan fingerprint density at radius 1 is 1.11 bits per heavy atom. The number of hydrogen-bond donors (Lipinski definition) is 2. The zero-order valence-corrected chi connectivity index (χ0v) is 15.7. The summed E-state index contributed by atoms with van der Waals surface area (Å²) in [6, 6.07) is 19.1. The molecule has 1 atom stereocenters. The highest BCUT2D eigenvalue weighted by molar-refractivity contribution is 5.92. The van der Waals surface area contributed by atoms with E-state index in [2.05, 4.69) is 20.8 Å². The lowest BCUT2D eigenvalue weighted by atomic mass is 9.95. The van der Waals surface area contributed by atoms with Crippen LogP contribution in [-0.2, 0) is 9.53 Å². The molecule has 4 rings (SSSR count). The van der Waals surface area contributed by atoms with E-state index < -0.39 is 6.04 Å². The van der Waals surface area contributed by atoms with Crippen LogP contribution in [0.4, 0.5) is 17.6 Å². The molecular formula is C21H21N5O2. The van der Waals surface area contributed by atoms with Crippen molar-refractivity contribution in [3.05, 3.63) is 77.5 Å². The number of para-hydroxylation sites is 1. The Bertz CT molecular complexity index is 1010. The SMILES string of the molecule is CCOC(=O)C1=C(C)Nc2nnc(Nc3ccccc3)n2C1c1ccccc1. The molecule has 1 unspecified atom stereocenters. The lowest BCUT2D eigenvalue weighted by Crippen LogP contribution is -2.29. The molecule has 0 amide bonds. The van der Waals surface area contributed by atoms with Gasteiger partial charge in [0.25, 0.3) is 0 Å². The second-order valence-corrected chi connectivity index (χ2v) is 6.41. The predicted octanol–water partition coefficient (Wildman–Crippen LogP) is 3.87. The Kier molecular flexibility index (Phi) is 4.80. The van der Waals surface area contributed by atoms with Crippen LogP contribution in [0, 0.1) is 0 Å². The van der Waals surface area contributed by atoms with Crippen molar-refractivity contribution in [2.75, 3.05) is 17.2 Å². The van der Waals surface area contributed by atoms with Gasteiger partial charge in [-0.1, -0.05) is 48.5 Å². The molecule has 0 radical (unpaired) electrons. The van der Waals surface area contributed by atoms with E-state index in [1.54, 1.807) is 6.92 Å². The molecule has 1 aliphatic rings. The fraction of sp³-hybridized carbons (Fsp3) is 0.190. The topological polar surface area (TPSA) is 81.1 Å². The highest BCUT2D eigenvalue weighted by atomic mass is 16.5. The third-order valence-electron chi connectivity index (χ3n) is 4.57. The lowest BCUT2D eigenvalue weighted by Gasteiger charge is -2.30. The van der Waals surface area contributed by atoms with Crippen LogP contribution in [-0.4, -0.2) is 27.3 Å². The number of carbonyl (C=O) groups excluding carboxylic acids is 1. The van der Waals surface area contributed by atoms with Crippen molar-refractivity contribution in [1.82, 2.24) is 14.8 Å². The maximum absolute atomic E-state index is 12.8. The van der Waals surface area contributed by atoms with Crippen LogP contribution in [0.3, 0.4) is 0 Å². The molecule has 0 bridgehead atoms. The van der Waals surface area contributed by atoms with Gasteiger partial charge in [0, 0.05) is 11.4 Å². The molecule has 7 nitrogen and oxygen atoms in total. The highest BCUT2D eigenvalue weighted by Gasteiger charge is 2.35. The molecule has 0 fully saturated rings. The quantitative estimate of drug-likeness (QED) is 0.659. The van der Waals surface area contributed by atoms with Crippen molar-refractivity contribution in [2.24, 2.45) is 0 Å². The second-order valence-electron chi connectivity index (χ2n) is 6.41. The molecule has 0 saturated heterocycles. The number of rotatable bonds is 5. The number of benzene rings is 2. The van der Waals surface area contributed by atoms with Crippen molar-refractivity contribution < 1.29 is 9.53 Å². The minimum absolute atomic E-state index is 0.307. The number of aromatic nitrogens is 3. The van der Waals surface area contributed by atoms with Crippen LogP contribution in [0.25, 0.3) is 0 Å². The first kappa shape index (κ1) is 17.8. The van der Waals surface area contributed by atoms with Crippen molar-refractivity contribution in [3.8, 4) is 0 Å². The molecule has 0 spiro atoms. The number of fused-ring (bicyclic) bond motifs is 1. The van der Waals surface area contributed by atoms with Gasteiger partial charge in [0.05, 0.1) is 18.2 Å². The maximum atomic E-state index is 12.8. The molecule has 1 aliphatic heterocycles. The summed E-state index contributed by atoms with van der Waals surface area (Å²) < 4.78 is 7.23. The van der Waals surface area contributed by atoms with Crippen LogP contribution in [0.15, 0.2) is 71.9 Å². The molecule has 2 aromatic carbocycles. The normalized spacial score (nSPS) is 15.6. The molecule has 7 heteroatoms. The fourth-order valence-corrected chi connectivity index (χ4v) is 3.35. The standard InChI is InChI=1S/C21H21N5O2/c1-3-28-19(27)17-14(2)22-20-24-25-21(23-16-12-8-5-9-13-16)26(20)18(17)15-10-6-4-7-11-15/h4-13,18H,3H2,1-2H3,(H,22,24)(H,23,25). The van der Waals surface area contributed by atoms with Gasteiger partial charge in [-0.15, -0.1) is 10.2 Å². The van der Waals surface area contributed by atoms with Gasteiger partial charge in [-0.25, -0.2) is 4.79 Å². The Labute approximate surface area is 163 Å². The zero-order valence-electron chi connectivity index (χ0n) is 15.7. The molecule has 2 heterocycles. The molecule has 0 aliphatic carbocycles. The van der Waals surface area contributed by atoms with E-state index in [9.17, 15) is 4.79 Å². The number of carbonyl (C=O) groups is 1. The summed E-state index contributed by atoms with van der Waals surface area (Å²) in [5, 5.41) is 15.1. The third-order valence-corrected chi connectivity index (χ3v) is 4.57. The molecule has 3 aromatic rings. The van der Waals surface area contributed by atoms with E-state index in [1.807, 2.05) is 72.2 Å². The van der Waals surface area contributed by atoms with Gasteiger partial charge in [-0.3, -0.25) is 4.57 Å². The van der Waals surface area contributed by atoms with Gasteiger partial charge < -0.3 is 15.4 Å². The minimum Gasteiger partial charge on any atom is -0.463 e. The summed E-state index contributed by atoms with van der Waals surface area (Å²) in [5.41, 5.74) is 3.08. The van der Waals surface area contributed by atoms with Crippen LogP contribution >= 0.6 is 0 Å². The lowest BCUT2D eigenvalue weighted by molar-refractivity contribution is -0.139. The van der Waals surface area contributed by atoms with Gasteiger partial charge in [-0.2, -0.15) is 0 Å². The van der Waals surface area contributed by atoms with E-state index in [4.69, 9.17) is 4.74 Å². The van der Waals surface area contributed by atoms with Crippen molar-refractivity contribution >= 4 is 23.6 Å². The van der Waals surface area contributed by atoms with E-state index in [1.165, 1.54) is 0 Å². The summed E-state index contributed by atoms with van der Waals surface area (Å²) in [6.07, 6.45) is 0. The molecule has 2 N–H and O–H groups in total. The first-order valence-electron chi connectivity index (χ1n) is 9.16. The van der Waals surface area contributed by atoms with Crippen molar-refractivity contribution in [3.63, 3.8) is 0 Å². The summed E-state index contributed by atoms with van der Waals surface area (Å²) >= 11 is 0. The van der Waals surface area contributed by atoms with Crippen LogP contribution in [0.5, 0.6) is 0 Å². The van der Waals surface area contributed by atoms with Crippen LogP contribution in [0.2, 0.25) is 0 Å². The number of nitrogens with zero attached hydrogens (tertiary/aromatic N) is 3. The van der Waals surface area contributed by atoms with Crippen molar-refractivity contribution in [1.29, 1.82) is 0 Å². The molecule has 0 saturated carbocycles. The van der Waals surface area contributed by atoms with Crippen molar-refractivity contribution in [2.45, 2.75) is 19.9 Å². The number of allylic oxidation sites excluding steroid dienone is 1. The number of esters is 1. The smallest absolute Gasteiger partial charge is 0.338 e. The Morgan fingerprint density at radius 3 is 2.46 bits per heavy atom. The van der Waals surface area contributed by atoms with Gasteiger partial charge in [0.1, 0.15) is 0 Å². The largest absolute Gasteiger partial charge is 0.463 e. The van der Waals surface area contributed by atoms with E-state index in [0.29, 0.717) is 29.8 Å². The van der Waals surface area contributed by atoms with E-state index >= 15 is 0 Å². The number of hydrogen-bond acceptors (Lipinski definition) is 6. The van der Waals surface area contributed by atoms with Crippen LogP contribution < -0.4 is 10.6 Å². The monoisotopic (exact) mass is 375 g/mol. The van der Waals surface area contributed by atoms with Crippen LogP contribution in [0.1, 0.15) is 25.5 Å². The first-order chi connectivity index (χ1) is 13.7. The Morgan fingerprint density at radius 2 is 1.79 bits per heavy atom. The van der Waals surface area contributed by atoms with E-state index in [-0.39, 0.29) is 5.97 Å². The average molecular weight is 375 g/mol. The molecule has 28 heavy (non-hydrogen) atoms. The van der Waals surface area contributed by atoms with Gasteiger partial charge in [0.15, 0.2) is 0 Å². The molecule has 142 valence electrons. The molecular weight excluding hydrogens is 354 g/mol. The zero-order chi connectivity index (χ0) is 19.5. The number of anilines is 3. The average Bonchev–Trinajstić information content (AvgIpc) is 3.10. The minimum atomic E-state index is -0.405. The highest BCUT2D eigenvalue weighted by Crippen LogP contribution is 2.38. The summed E-state index contributed by atoms with van der Waals surface area (Å²) in [7, 11) is 0. The number of ether oxygens (including phenoxy) is 1. The van der Waals surface area contributed by atoms with E-state index in [0.717, 1.165) is 11.3 Å². The van der Waals surface area contributed by atoms with Gasteiger partial charge in [-0.05, 0) is 31.5 Å². The first-order valence-corrected chi connectivity index (χ1v) is 9.16. The third kappa shape index (κ3) is 3.22. The summed E-state index contributed by atoms with van der Waals surface area (Å²) in [6.45, 7) is 3.96. The Hall–Kier alpha value is -3.61. The van der Waals surface area contributed by atoms with Gasteiger partial charge in [0.2, 0.25) is 11.9 Å². The predicted molar refractivity (Wildman–Crippen MR) is 107 cm³/mol. The number of nitrogens with one attached hydrogen (secondary N) is 2. The molecule has 1 aromatic heterocycles. The second kappa shape index (κ2) is 7.56. The maximum Gasteiger partial charge on any atom is 0.338 e. The fourth-order valence-electron chi connectivity index (χ4n) is 3.35. The summed E-state index contributed by atoms with van der Waals surface area (Å²) in [5.74, 6) is 0.751. The Balaban J connectivity index is 1.84.